The third-order valence-electron chi connectivity index (χ3n) is 6.00. The van der Waals surface area contributed by atoms with Gasteiger partial charge in [-0.3, -0.25) is 34.7 Å². The lowest BCUT2D eigenvalue weighted by atomic mass is 9.92. The highest BCUT2D eigenvalue weighted by Gasteiger charge is 2.50. The summed E-state index contributed by atoms with van der Waals surface area (Å²) >= 11 is 0. The van der Waals surface area contributed by atoms with Gasteiger partial charge in [0.15, 0.2) is 5.92 Å². The van der Waals surface area contributed by atoms with Gasteiger partial charge in [-0.25, -0.2) is 10.2 Å². The van der Waals surface area contributed by atoms with Crippen LogP contribution in [0.2, 0.25) is 0 Å². The van der Waals surface area contributed by atoms with E-state index in [4.69, 9.17) is 0 Å². The number of benzene rings is 1. The number of imide groups is 2. The SMILES string of the molecule is O=C(N/N=C\[C@@H]1C(=O)NC(=O)N([C@H]2C[C@H]3CC[C@H]2C3)C1=O)c1ccc([N+](=O)[O-])cc1. The molecule has 2 bridgehead atoms. The fourth-order valence-electron chi connectivity index (χ4n) is 4.55. The molecule has 0 aromatic heterocycles. The van der Waals surface area contributed by atoms with Crippen molar-refractivity contribution in [2.45, 2.75) is 31.7 Å². The zero-order valence-corrected chi connectivity index (χ0v) is 15.8. The van der Waals surface area contributed by atoms with Crippen LogP contribution in [0, 0.1) is 27.9 Å². The van der Waals surface area contributed by atoms with Gasteiger partial charge in [-0.15, -0.1) is 0 Å². The molecule has 3 aliphatic rings. The number of barbiturate groups is 1. The van der Waals surface area contributed by atoms with E-state index < -0.39 is 34.6 Å². The number of rotatable bonds is 5. The Balaban J connectivity index is 1.42. The number of amides is 5. The van der Waals surface area contributed by atoms with Crippen molar-refractivity contribution in [1.82, 2.24) is 15.6 Å². The molecule has 2 saturated carbocycles. The van der Waals surface area contributed by atoms with Crippen molar-refractivity contribution in [1.29, 1.82) is 0 Å². The van der Waals surface area contributed by atoms with Crippen LogP contribution in [0.3, 0.4) is 0 Å². The highest BCUT2D eigenvalue weighted by molar-refractivity contribution is 6.23. The fraction of sp³-hybridized carbons (Fsp3) is 0.421. The molecule has 4 rings (SSSR count). The molecule has 156 valence electrons. The van der Waals surface area contributed by atoms with Crippen LogP contribution in [0.1, 0.15) is 36.0 Å². The Morgan fingerprint density at radius 3 is 2.53 bits per heavy atom. The molecule has 2 N–H and O–H groups in total. The first-order valence-corrected chi connectivity index (χ1v) is 9.61. The van der Waals surface area contributed by atoms with Crippen LogP contribution < -0.4 is 10.7 Å². The molecule has 11 nitrogen and oxygen atoms in total. The Morgan fingerprint density at radius 2 is 1.93 bits per heavy atom. The lowest BCUT2D eigenvalue weighted by molar-refractivity contribution is -0.384. The van der Waals surface area contributed by atoms with Gasteiger partial charge in [0.05, 0.1) is 4.92 Å². The maximum absolute atomic E-state index is 12.8. The van der Waals surface area contributed by atoms with Crippen LogP contribution in [0.5, 0.6) is 0 Å². The van der Waals surface area contributed by atoms with E-state index in [1.165, 1.54) is 24.3 Å². The Kier molecular flexibility index (Phi) is 5.02. The second-order valence-corrected chi connectivity index (χ2v) is 7.75. The third kappa shape index (κ3) is 3.53. The summed E-state index contributed by atoms with van der Waals surface area (Å²) in [7, 11) is 0. The number of hydrazone groups is 1. The largest absolute Gasteiger partial charge is 0.331 e. The summed E-state index contributed by atoms with van der Waals surface area (Å²) in [6.07, 6.45) is 4.79. The predicted octanol–water partition coefficient (Wildman–Crippen LogP) is 1.19. The minimum atomic E-state index is -1.32. The summed E-state index contributed by atoms with van der Waals surface area (Å²) in [5.41, 5.74) is 2.14. The van der Waals surface area contributed by atoms with Crippen molar-refractivity contribution in [3.8, 4) is 0 Å². The first-order chi connectivity index (χ1) is 14.3. The number of hydrogen-bond donors (Lipinski definition) is 2. The molecule has 0 unspecified atom stereocenters. The van der Waals surface area contributed by atoms with Crippen LogP contribution in [0.15, 0.2) is 29.4 Å². The van der Waals surface area contributed by atoms with Crippen LogP contribution >= 0.6 is 0 Å². The van der Waals surface area contributed by atoms with Gasteiger partial charge in [0.2, 0.25) is 11.8 Å². The maximum Gasteiger partial charge on any atom is 0.331 e. The fourth-order valence-corrected chi connectivity index (χ4v) is 4.55. The van der Waals surface area contributed by atoms with Gasteiger partial charge in [0.1, 0.15) is 0 Å². The summed E-state index contributed by atoms with van der Waals surface area (Å²) < 4.78 is 0. The van der Waals surface area contributed by atoms with Crippen molar-refractivity contribution >= 4 is 35.7 Å². The maximum atomic E-state index is 12.8. The van der Waals surface area contributed by atoms with Crippen molar-refractivity contribution < 1.29 is 24.1 Å². The molecule has 5 amide bonds. The molecule has 4 atom stereocenters. The second kappa shape index (κ2) is 7.65. The lowest BCUT2D eigenvalue weighted by Crippen LogP contribution is -2.62. The quantitative estimate of drug-likeness (QED) is 0.320. The van der Waals surface area contributed by atoms with Gasteiger partial charge in [-0.05, 0) is 43.2 Å². The molecule has 1 aliphatic heterocycles. The van der Waals surface area contributed by atoms with E-state index in [-0.39, 0.29) is 23.2 Å². The van der Waals surface area contributed by atoms with Crippen LogP contribution in [-0.4, -0.2) is 45.8 Å². The first-order valence-electron chi connectivity index (χ1n) is 9.61. The molecule has 1 saturated heterocycles. The van der Waals surface area contributed by atoms with E-state index in [1.54, 1.807) is 0 Å². The number of carbonyl (C=O) groups is 4. The molecular formula is C19H19N5O6. The Morgan fingerprint density at radius 1 is 1.20 bits per heavy atom. The van der Waals surface area contributed by atoms with Gasteiger partial charge in [0.25, 0.3) is 11.6 Å². The standard InChI is InChI=1S/C19H19N5O6/c25-16(11-3-5-13(6-4-11)24(29)30)22-20-9-14-17(26)21-19(28)23(18(14)27)15-8-10-1-2-12(15)7-10/h3-6,9-10,12,14-15H,1-2,7-8H2,(H,22,25)(H,21,26,28)/b20-9-/t10-,12-,14+,15-/m0/s1. The summed E-state index contributed by atoms with van der Waals surface area (Å²) in [5.74, 6) is -2.65. The zero-order valence-electron chi connectivity index (χ0n) is 15.8. The molecule has 3 fully saturated rings. The summed E-state index contributed by atoms with van der Waals surface area (Å²) in [4.78, 5) is 60.6. The lowest BCUT2D eigenvalue weighted by Gasteiger charge is -2.36. The Hall–Kier alpha value is -3.63. The number of nitro groups is 1. The van der Waals surface area contributed by atoms with Crippen LogP contribution in [0.4, 0.5) is 10.5 Å². The number of non-ortho nitro benzene ring substituents is 1. The molecular weight excluding hydrogens is 394 g/mol. The average molecular weight is 413 g/mol. The predicted molar refractivity (Wildman–Crippen MR) is 102 cm³/mol. The van der Waals surface area contributed by atoms with Gasteiger partial charge >= 0.3 is 6.03 Å². The monoisotopic (exact) mass is 413 g/mol. The highest BCUT2D eigenvalue weighted by atomic mass is 16.6. The summed E-state index contributed by atoms with van der Waals surface area (Å²) in [6, 6.07) is 3.95. The molecule has 30 heavy (non-hydrogen) atoms. The molecule has 1 aromatic rings. The minimum absolute atomic E-state index is 0.121. The summed E-state index contributed by atoms with van der Waals surface area (Å²) in [5, 5.41) is 16.5. The van der Waals surface area contributed by atoms with Crippen molar-refractivity contribution in [2.75, 3.05) is 0 Å². The number of fused-ring (bicyclic) bond motifs is 2. The van der Waals surface area contributed by atoms with E-state index in [1.807, 2.05) is 0 Å². The Labute approximate surface area is 170 Å². The third-order valence-corrected chi connectivity index (χ3v) is 6.00. The van der Waals surface area contributed by atoms with E-state index in [0.717, 1.165) is 36.8 Å². The number of nitrogens with one attached hydrogen (secondary N) is 2. The van der Waals surface area contributed by atoms with E-state index >= 15 is 0 Å². The smallest absolute Gasteiger partial charge is 0.277 e. The number of hydrogen-bond acceptors (Lipinski definition) is 7. The van der Waals surface area contributed by atoms with E-state index in [9.17, 15) is 29.3 Å². The molecule has 0 spiro atoms. The van der Waals surface area contributed by atoms with Crippen LogP contribution in [-0.2, 0) is 9.59 Å². The van der Waals surface area contributed by atoms with Gasteiger partial charge in [-0.1, -0.05) is 6.42 Å². The molecule has 1 heterocycles. The first kappa shape index (κ1) is 19.7. The average Bonchev–Trinajstić information content (AvgIpc) is 3.34. The molecule has 1 aromatic carbocycles. The number of nitrogens with zero attached hydrogens (tertiary/aromatic N) is 3. The normalized spacial score (nSPS) is 28.1. The van der Waals surface area contributed by atoms with Crippen molar-refractivity contribution in [3.05, 3.63) is 39.9 Å². The van der Waals surface area contributed by atoms with E-state index in [2.05, 4.69) is 15.8 Å². The van der Waals surface area contributed by atoms with Crippen molar-refractivity contribution in [2.24, 2.45) is 22.9 Å². The second-order valence-electron chi connectivity index (χ2n) is 7.75. The summed E-state index contributed by atoms with van der Waals surface area (Å²) in [6.45, 7) is 0. The minimum Gasteiger partial charge on any atom is -0.277 e. The topological polar surface area (TPSA) is 151 Å². The van der Waals surface area contributed by atoms with E-state index in [0.29, 0.717) is 5.92 Å². The molecule has 0 radical (unpaired) electrons. The number of carbonyl (C=O) groups excluding carboxylic acids is 4. The zero-order chi connectivity index (χ0) is 21.4. The number of nitro benzene ring substituents is 1. The highest BCUT2D eigenvalue weighted by Crippen LogP contribution is 2.47. The van der Waals surface area contributed by atoms with Gasteiger partial charge in [-0.2, -0.15) is 5.10 Å². The molecule has 2 aliphatic carbocycles. The van der Waals surface area contributed by atoms with Gasteiger partial charge < -0.3 is 0 Å². The Bertz CT molecular complexity index is 959. The molecule has 11 heteroatoms. The van der Waals surface area contributed by atoms with Gasteiger partial charge in [0, 0.05) is 30.0 Å². The van der Waals surface area contributed by atoms with Crippen LogP contribution in [0.25, 0.3) is 0 Å². The number of urea groups is 1. The van der Waals surface area contributed by atoms with Crippen molar-refractivity contribution in [3.63, 3.8) is 0 Å².